The van der Waals surface area contributed by atoms with Gasteiger partial charge in [0.2, 0.25) is 5.91 Å². The molecule has 1 aromatic carbocycles. The standard InChI is InChI=1S/C20H20N4O3/c25-19(23-10-4-5-11-23)14-21-20(26)17-13-16(18-9-6-12-27-18)22-24(17)15-7-2-1-3-8-15/h1-3,6-9,12-13H,4-5,10-11,14H2,(H,21,26). The number of amides is 2. The highest BCUT2D eigenvalue weighted by molar-refractivity contribution is 5.96. The predicted octanol–water partition coefficient (Wildman–Crippen LogP) is 2.48. The Morgan fingerprint density at radius 1 is 1.07 bits per heavy atom. The van der Waals surface area contributed by atoms with Crippen LogP contribution in [0.15, 0.2) is 59.2 Å². The summed E-state index contributed by atoms with van der Waals surface area (Å²) in [5, 5.41) is 7.24. The molecule has 138 valence electrons. The molecule has 1 aliphatic rings. The zero-order valence-electron chi connectivity index (χ0n) is 14.8. The third kappa shape index (κ3) is 3.62. The lowest BCUT2D eigenvalue weighted by atomic mass is 10.2. The maximum Gasteiger partial charge on any atom is 0.270 e. The number of likely N-dealkylation sites (tertiary alicyclic amines) is 1. The van der Waals surface area contributed by atoms with Gasteiger partial charge in [0.25, 0.3) is 5.91 Å². The molecule has 27 heavy (non-hydrogen) atoms. The molecule has 2 amide bonds. The number of nitrogens with one attached hydrogen (secondary N) is 1. The number of carbonyl (C=O) groups is 2. The van der Waals surface area contributed by atoms with Gasteiger partial charge in [-0.2, -0.15) is 5.10 Å². The van der Waals surface area contributed by atoms with Crippen molar-refractivity contribution >= 4 is 11.8 Å². The molecule has 4 rings (SSSR count). The lowest BCUT2D eigenvalue weighted by Gasteiger charge is -2.15. The van der Waals surface area contributed by atoms with Crippen molar-refractivity contribution in [1.82, 2.24) is 20.0 Å². The van der Waals surface area contributed by atoms with E-state index in [2.05, 4.69) is 10.4 Å². The van der Waals surface area contributed by atoms with Gasteiger partial charge >= 0.3 is 0 Å². The van der Waals surface area contributed by atoms with Crippen LogP contribution in [-0.4, -0.2) is 46.1 Å². The van der Waals surface area contributed by atoms with E-state index < -0.39 is 0 Å². The highest BCUT2D eigenvalue weighted by atomic mass is 16.3. The van der Waals surface area contributed by atoms with E-state index in [0.717, 1.165) is 31.6 Å². The topological polar surface area (TPSA) is 80.4 Å². The van der Waals surface area contributed by atoms with Gasteiger partial charge in [-0.05, 0) is 37.1 Å². The fourth-order valence-corrected chi connectivity index (χ4v) is 3.18. The Hall–Kier alpha value is -3.35. The summed E-state index contributed by atoms with van der Waals surface area (Å²) in [7, 11) is 0. The predicted molar refractivity (Wildman–Crippen MR) is 99.4 cm³/mol. The van der Waals surface area contributed by atoms with Gasteiger partial charge in [0.15, 0.2) is 5.76 Å². The molecule has 0 radical (unpaired) electrons. The van der Waals surface area contributed by atoms with Crippen LogP contribution >= 0.6 is 0 Å². The van der Waals surface area contributed by atoms with E-state index in [1.54, 1.807) is 34.0 Å². The smallest absolute Gasteiger partial charge is 0.270 e. The molecule has 0 bridgehead atoms. The second-order valence-corrected chi connectivity index (χ2v) is 6.41. The third-order valence-electron chi connectivity index (χ3n) is 4.58. The molecule has 3 aromatic rings. The molecule has 3 heterocycles. The Morgan fingerprint density at radius 2 is 1.85 bits per heavy atom. The summed E-state index contributed by atoms with van der Waals surface area (Å²) in [6, 6.07) is 14.6. The minimum absolute atomic E-state index is 0.0190. The summed E-state index contributed by atoms with van der Waals surface area (Å²) in [6.45, 7) is 1.51. The number of carbonyl (C=O) groups excluding carboxylic acids is 2. The molecule has 0 spiro atoms. The molecule has 0 atom stereocenters. The number of para-hydroxylation sites is 1. The van der Waals surface area contributed by atoms with Crippen molar-refractivity contribution in [2.75, 3.05) is 19.6 Å². The summed E-state index contributed by atoms with van der Waals surface area (Å²) in [4.78, 5) is 26.8. The molecule has 7 heteroatoms. The fourth-order valence-electron chi connectivity index (χ4n) is 3.18. The van der Waals surface area contributed by atoms with Crippen LogP contribution in [0.3, 0.4) is 0 Å². The second kappa shape index (κ2) is 7.49. The molecule has 1 aliphatic heterocycles. The number of aromatic nitrogens is 2. The molecular formula is C20H20N4O3. The Kier molecular flexibility index (Phi) is 4.74. The van der Waals surface area contributed by atoms with Crippen LogP contribution in [0.1, 0.15) is 23.3 Å². The minimum atomic E-state index is -0.350. The average molecular weight is 364 g/mol. The van der Waals surface area contributed by atoms with Crippen molar-refractivity contribution in [3.05, 3.63) is 60.5 Å². The SMILES string of the molecule is O=C(NCC(=O)N1CCCC1)c1cc(-c2ccco2)nn1-c1ccccc1. The van der Waals surface area contributed by atoms with Crippen molar-refractivity contribution in [2.45, 2.75) is 12.8 Å². The van der Waals surface area contributed by atoms with Gasteiger partial charge in [0.1, 0.15) is 11.4 Å². The molecule has 0 aliphatic carbocycles. The molecule has 1 N–H and O–H groups in total. The molecule has 0 saturated carbocycles. The third-order valence-corrected chi connectivity index (χ3v) is 4.58. The van der Waals surface area contributed by atoms with Crippen molar-refractivity contribution in [3.8, 4) is 17.1 Å². The normalized spacial score (nSPS) is 13.7. The molecule has 2 aromatic heterocycles. The van der Waals surface area contributed by atoms with Crippen LogP contribution in [0.5, 0.6) is 0 Å². The van der Waals surface area contributed by atoms with Crippen LogP contribution in [0.2, 0.25) is 0 Å². The highest BCUT2D eigenvalue weighted by Crippen LogP contribution is 2.22. The first-order valence-electron chi connectivity index (χ1n) is 8.98. The van der Waals surface area contributed by atoms with Gasteiger partial charge in [0, 0.05) is 19.2 Å². The number of nitrogens with zero attached hydrogens (tertiary/aromatic N) is 3. The monoisotopic (exact) mass is 364 g/mol. The average Bonchev–Trinajstić information content (AvgIpc) is 3.47. The summed E-state index contributed by atoms with van der Waals surface area (Å²) in [5.74, 6) is 0.168. The molecule has 0 unspecified atom stereocenters. The number of furan rings is 1. The summed E-state index contributed by atoms with van der Waals surface area (Å²) in [6.07, 6.45) is 3.60. The number of hydrogen-bond acceptors (Lipinski definition) is 4. The molecule has 7 nitrogen and oxygen atoms in total. The van der Waals surface area contributed by atoms with Crippen molar-refractivity contribution in [1.29, 1.82) is 0 Å². The van der Waals surface area contributed by atoms with Gasteiger partial charge in [0.05, 0.1) is 18.5 Å². The lowest BCUT2D eigenvalue weighted by Crippen LogP contribution is -2.39. The zero-order chi connectivity index (χ0) is 18.6. The van der Waals surface area contributed by atoms with Gasteiger partial charge in [-0.15, -0.1) is 0 Å². The van der Waals surface area contributed by atoms with Crippen molar-refractivity contribution < 1.29 is 14.0 Å². The number of rotatable bonds is 5. The summed E-state index contributed by atoms with van der Waals surface area (Å²) >= 11 is 0. The maximum absolute atomic E-state index is 12.8. The van der Waals surface area contributed by atoms with Crippen LogP contribution in [0, 0.1) is 0 Å². The lowest BCUT2D eigenvalue weighted by molar-refractivity contribution is -0.129. The Labute approximate surface area is 156 Å². The summed E-state index contributed by atoms with van der Waals surface area (Å²) in [5.41, 5.74) is 1.66. The molecular weight excluding hydrogens is 344 g/mol. The van der Waals surface area contributed by atoms with Crippen LogP contribution in [0.4, 0.5) is 0 Å². The van der Waals surface area contributed by atoms with E-state index in [-0.39, 0.29) is 18.4 Å². The number of benzene rings is 1. The minimum Gasteiger partial charge on any atom is -0.463 e. The number of hydrogen-bond donors (Lipinski definition) is 1. The van der Waals surface area contributed by atoms with Crippen molar-refractivity contribution in [2.24, 2.45) is 0 Å². The fraction of sp³-hybridized carbons (Fsp3) is 0.250. The second-order valence-electron chi connectivity index (χ2n) is 6.41. The van der Waals surface area contributed by atoms with Gasteiger partial charge in [-0.3, -0.25) is 9.59 Å². The van der Waals surface area contributed by atoms with E-state index in [4.69, 9.17) is 4.42 Å². The largest absolute Gasteiger partial charge is 0.463 e. The first-order chi connectivity index (χ1) is 13.2. The maximum atomic E-state index is 12.8. The van der Waals surface area contributed by atoms with E-state index in [1.165, 1.54) is 0 Å². The van der Waals surface area contributed by atoms with E-state index in [0.29, 0.717) is 17.1 Å². The van der Waals surface area contributed by atoms with Gasteiger partial charge < -0.3 is 14.6 Å². The summed E-state index contributed by atoms with van der Waals surface area (Å²) < 4.78 is 6.96. The van der Waals surface area contributed by atoms with Crippen LogP contribution < -0.4 is 5.32 Å². The van der Waals surface area contributed by atoms with E-state index in [9.17, 15) is 9.59 Å². The first kappa shape index (κ1) is 17.1. The van der Waals surface area contributed by atoms with Crippen LogP contribution in [0.25, 0.3) is 17.1 Å². The van der Waals surface area contributed by atoms with Gasteiger partial charge in [-0.1, -0.05) is 18.2 Å². The van der Waals surface area contributed by atoms with E-state index in [1.807, 2.05) is 30.3 Å². The Morgan fingerprint density at radius 3 is 2.56 bits per heavy atom. The Bertz CT molecular complexity index is 926. The van der Waals surface area contributed by atoms with Crippen LogP contribution in [-0.2, 0) is 4.79 Å². The quantitative estimate of drug-likeness (QED) is 0.754. The molecule has 1 fully saturated rings. The Balaban J connectivity index is 1.58. The highest BCUT2D eigenvalue weighted by Gasteiger charge is 2.21. The zero-order valence-corrected chi connectivity index (χ0v) is 14.8. The van der Waals surface area contributed by atoms with Crippen molar-refractivity contribution in [3.63, 3.8) is 0 Å². The molecule has 1 saturated heterocycles. The first-order valence-corrected chi connectivity index (χ1v) is 8.98. The van der Waals surface area contributed by atoms with Gasteiger partial charge in [-0.25, -0.2) is 4.68 Å². The van der Waals surface area contributed by atoms with E-state index >= 15 is 0 Å².